The molecule has 3 aromatic rings. The number of aromatic nitrogens is 4. The number of hydrogen-bond donors (Lipinski definition) is 2. The van der Waals surface area contributed by atoms with Gasteiger partial charge in [-0.15, -0.1) is 0 Å². The summed E-state index contributed by atoms with van der Waals surface area (Å²) in [6, 6.07) is 16.4. The van der Waals surface area contributed by atoms with Crippen molar-refractivity contribution in [1.29, 1.82) is 0 Å². The van der Waals surface area contributed by atoms with Gasteiger partial charge in [-0.05, 0) is 72.8 Å². The summed E-state index contributed by atoms with van der Waals surface area (Å²) in [6.45, 7) is 0. The molecule has 2 aliphatic heterocycles. The van der Waals surface area contributed by atoms with Crippen LogP contribution in [-0.4, -0.2) is 19.9 Å². The Bertz CT molecular complexity index is 1000. The maximum absolute atomic E-state index is 4.63. The monoisotopic (exact) mass is 608 g/mol. The summed E-state index contributed by atoms with van der Waals surface area (Å²) in [7, 11) is 0. The maximum atomic E-state index is 4.63. The first-order valence-electron chi connectivity index (χ1n) is 7.85. The van der Waals surface area contributed by atoms with Crippen molar-refractivity contribution in [3.05, 3.63) is 71.3 Å². The predicted molar refractivity (Wildman–Crippen MR) is 98.9 cm³/mol. The van der Waals surface area contributed by atoms with E-state index in [-0.39, 0.29) is 57.3 Å². The maximum Gasteiger partial charge on any atom is 3.00 e. The van der Waals surface area contributed by atoms with Gasteiger partial charge in [-0.1, -0.05) is 0 Å². The number of H-pyrrole nitrogens is 2. The van der Waals surface area contributed by atoms with Gasteiger partial charge in [0, 0.05) is 22.1 Å². The van der Waals surface area contributed by atoms with Gasteiger partial charge in [-0.25, -0.2) is 9.97 Å². The van der Waals surface area contributed by atoms with Gasteiger partial charge in [-0.3, -0.25) is 0 Å². The topological polar surface area (TPSA) is 57.4 Å². The van der Waals surface area contributed by atoms with Crippen LogP contribution in [0.2, 0.25) is 0 Å². The molecule has 5 heterocycles. The molecule has 5 rings (SSSR count). The van der Waals surface area contributed by atoms with Crippen molar-refractivity contribution in [3.8, 4) is 0 Å². The van der Waals surface area contributed by atoms with E-state index >= 15 is 0 Å². The fourth-order valence-electron chi connectivity index (χ4n) is 2.94. The van der Waals surface area contributed by atoms with Crippen LogP contribution in [0.15, 0.2) is 48.5 Å². The predicted octanol–water partition coefficient (Wildman–Crippen LogP) is -4.33. The van der Waals surface area contributed by atoms with E-state index in [4.69, 9.17) is 0 Å². The molecule has 4 nitrogen and oxygen atoms in total. The van der Waals surface area contributed by atoms with Gasteiger partial charge in [0.1, 0.15) is 0 Å². The largest absolute Gasteiger partial charge is 3.00 e. The van der Waals surface area contributed by atoms with Crippen molar-refractivity contribution in [2.24, 2.45) is 0 Å². The summed E-state index contributed by atoms with van der Waals surface area (Å²) in [6.07, 6.45) is 8.09. The molecule has 2 N–H and O–H groups in total. The van der Waals surface area contributed by atoms with Gasteiger partial charge < -0.3 is 47.2 Å². The van der Waals surface area contributed by atoms with Crippen LogP contribution < -0.4 is 37.2 Å². The van der Waals surface area contributed by atoms with Crippen LogP contribution in [0.5, 0.6) is 0 Å². The molecular weight excluding hydrogens is 595 g/mol. The van der Waals surface area contributed by atoms with Crippen LogP contribution in [0.4, 0.5) is 0 Å². The van der Waals surface area contributed by atoms with Crippen molar-refractivity contribution in [1.82, 2.24) is 19.9 Å². The third kappa shape index (κ3) is 5.13. The second kappa shape index (κ2) is 10.1. The standard InChI is InChI=1S/C20H14N4.3ClH.Ir/c1-2-14-10-16-5-6-18(23-16)12-20-8-7-19(24-20)11-17-4-3-15(22-17)9-13(1)21-14;;;;/h1-12,21,24H;3*1H;/q;;;;+3/p-3. The van der Waals surface area contributed by atoms with Gasteiger partial charge in [-0.2, -0.15) is 0 Å². The van der Waals surface area contributed by atoms with E-state index in [1.165, 1.54) is 0 Å². The first kappa shape index (κ1) is 24.2. The number of halogens is 3. The van der Waals surface area contributed by atoms with E-state index in [0.717, 1.165) is 44.8 Å². The Labute approximate surface area is 194 Å². The van der Waals surface area contributed by atoms with Crippen molar-refractivity contribution >= 4 is 46.4 Å². The van der Waals surface area contributed by atoms with E-state index in [1.807, 2.05) is 48.6 Å². The van der Waals surface area contributed by atoms with Crippen molar-refractivity contribution in [2.45, 2.75) is 0 Å². The minimum Gasteiger partial charge on any atom is -1.00 e. The van der Waals surface area contributed by atoms with Crippen LogP contribution in [0.1, 0.15) is 22.8 Å². The molecule has 0 fully saturated rings. The summed E-state index contributed by atoms with van der Waals surface area (Å²) in [5, 5.41) is 0. The van der Waals surface area contributed by atoms with Gasteiger partial charge in [0.05, 0.1) is 22.8 Å². The summed E-state index contributed by atoms with van der Waals surface area (Å²) in [4.78, 5) is 16.0. The second-order valence-corrected chi connectivity index (χ2v) is 5.91. The molecule has 3 aromatic heterocycles. The van der Waals surface area contributed by atoms with Crippen molar-refractivity contribution < 1.29 is 57.3 Å². The van der Waals surface area contributed by atoms with Gasteiger partial charge >= 0.3 is 20.1 Å². The molecule has 0 spiro atoms. The average molecular weight is 609 g/mol. The first-order valence-corrected chi connectivity index (χ1v) is 7.85. The molecule has 0 aliphatic carbocycles. The minimum absolute atomic E-state index is 0. The number of nitrogens with zero attached hydrogens (tertiary/aromatic N) is 2. The Hall–Kier alpha value is -1.88. The molecule has 28 heavy (non-hydrogen) atoms. The van der Waals surface area contributed by atoms with Crippen LogP contribution >= 0.6 is 0 Å². The quantitative estimate of drug-likeness (QED) is 0.187. The molecule has 0 radical (unpaired) electrons. The number of aromatic amines is 2. The Morgan fingerprint density at radius 2 is 0.714 bits per heavy atom. The molecule has 8 bridgehead atoms. The van der Waals surface area contributed by atoms with E-state index in [0.29, 0.717) is 0 Å². The molecule has 8 heteroatoms. The van der Waals surface area contributed by atoms with Crippen LogP contribution in [0.25, 0.3) is 46.4 Å². The Morgan fingerprint density at radius 1 is 0.464 bits per heavy atom. The van der Waals surface area contributed by atoms with E-state index in [1.54, 1.807) is 0 Å². The average Bonchev–Trinajstić information content (AvgIpc) is 3.32. The molecular formula is C20H14Cl3IrN4. The smallest absolute Gasteiger partial charge is 1.00 e. The molecule has 0 saturated carbocycles. The molecule has 0 aromatic carbocycles. The number of fused-ring (bicyclic) bond motifs is 8. The van der Waals surface area contributed by atoms with Gasteiger partial charge in [0.25, 0.3) is 0 Å². The van der Waals surface area contributed by atoms with E-state index in [9.17, 15) is 0 Å². The van der Waals surface area contributed by atoms with Gasteiger partial charge in [0.15, 0.2) is 0 Å². The zero-order valence-corrected chi connectivity index (χ0v) is 19.0. The third-order valence-electron chi connectivity index (χ3n) is 4.04. The second-order valence-electron chi connectivity index (χ2n) is 5.91. The SMILES string of the molecule is C1=Cc2cc3ccc(cc4nc(cc5ccc(cc1n2)[nH]5)C=C4)[nH]3.[Cl-].[Cl-].[Cl-].[Ir+3]. The number of hydrogen-bond acceptors (Lipinski definition) is 2. The molecule has 0 atom stereocenters. The molecule has 144 valence electrons. The molecule has 0 unspecified atom stereocenters. The first-order chi connectivity index (χ1) is 11.8. The number of rotatable bonds is 0. The van der Waals surface area contributed by atoms with E-state index in [2.05, 4.69) is 44.2 Å². The molecule has 2 aliphatic rings. The molecule has 0 amide bonds. The van der Waals surface area contributed by atoms with Crippen LogP contribution in [-0.2, 0) is 20.1 Å². The Balaban J connectivity index is 0.000000980. The molecule has 0 saturated heterocycles. The van der Waals surface area contributed by atoms with Crippen molar-refractivity contribution in [3.63, 3.8) is 0 Å². The zero-order valence-electron chi connectivity index (χ0n) is 14.3. The fraction of sp³-hybridized carbons (Fsp3) is 0. The Kier molecular flexibility index (Phi) is 8.68. The summed E-state index contributed by atoms with van der Waals surface area (Å²) < 4.78 is 0. The van der Waals surface area contributed by atoms with E-state index < -0.39 is 0 Å². The summed E-state index contributed by atoms with van der Waals surface area (Å²) in [5.74, 6) is 0. The normalized spacial score (nSPS) is 10.9. The Morgan fingerprint density at radius 3 is 0.964 bits per heavy atom. The number of nitrogens with one attached hydrogen (secondary N) is 2. The summed E-state index contributed by atoms with van der Waals surface area (Å²) >= 11 is 0. The van der Waals surface area contributed by atoms with Crippen molar-refractivity contribution in [2.75, 3.05) is 0 Å². The summed E-state index contributed by atoms with van der Waals surface area (Å²) in [5.41, 5.74) is 7.86. The fourth-order valence-corrected chi connectivity index (χ4v) is 2.94. The zero-order chi connectivity index (χ0) is 15.9. The minimum atomic E-state index is 0. The third-order valence-corrected chi connectivity index (χ3v) is 4.04. The van der Waals surface area contributed by atoms with Crippen LogP contribution in [0.3, 0.4) is 0 Å². The van der Waals surface area contributed by atoms with Gasteiger partial charge in [0.2, 0.25) is 0 Å². The van der Waals surface area contributed by atoms with Crippen LogP contribution in [0, 0.1) is 0 Å².